The first-order valence-corrected chi connectivity index (χ1v) is 14.8. The first-order valence-electron chi connectivity index (χ1n) is 14.8. The number of benzene rings is 1. The number of anilines is 1. The molecule has 8 nitrogen and oxygen atoms in total. The van der Waals surface area contributed by atoms with Crippen molar-refractivity contribution < 1.29 is 37.3 Å². The monoisotopic (exact) mass is 581 g/mol. The predicted octanol–water partition coefficient (Wildman–Crippen LogP) is 4.37. The third-order valence-corrected chi connectivity index (χ3v) is 9.99. The van der Waals surface area contributed by atoms with Crippen molar-refractivity contribution in [2.45, 2.75) is 81.2 Å². The molecule has 1 amide bonds. The fraction of sp³-hybridized carbons (Fsp3) is 0.733. The SMILES string of the molecule is CO[C@]1(C(=O)N2CC[C@@H](c3ccc(C(F)(F)F)cc3N3CCC(C(=O)O)CC3)C2)CCN([C@H]2CC[C@H](OC)CC2)C1. The Hall–Kier alpha value is -2.37. The molecule has 3 heterocycles. The number of hydrogen-bond acceptors (Lipinski definition) is 6. The molecule has 11 heteroatoms. The minimum absolute atomic E-state index is 0.0358. The van der Waals surface area contributed by atoms with Crippen molar-refractivity contribution in [3.63, 3.8) is 0 Å². The Labute approximate surface area is 239 Å². The molecule has 5 rings (SSSR count). The number of alkyl halides is 3. The Kier molecular flexibility index (Phi) is 8.87. The number of aliphatic carboxylic acids is 1. The van der Waals surface area contributed by atoms with Crippen molar-refractivity contribution >= 4 is 17.6 Å². The zero-order chi connectivity index (χ0) is 29.4. The summed E-state index contributed by atoms with van der Waals surface area (Å²) in [5, 5.41) is 9.37. The number of methoxy groups -OCH3 is 2. The maximum absolute atomic E-state index is 13.9. The molecular formula is C30H42F3N3O5. The standard InChI is InChI=1S/C30H42F3N3O5/c1-40-24-6-4-23(5-7-24)36-16-12-29(19-36,41-2)28(39)35-15-11-21(18-35)25-8-3-22(30(31,32)33)17-26(25)34-13-9-20(10-14-34)27(37)38/h3,8,17,20-21,23-24H,4-7,9-16,18-19H2,1-2H3,(H,37,38)/t21-,23-,24-,29-/m1/s1. The summed E-state index contributed by atoms with van der Waals surface area (Å²) in [4.78, 5) is 31.5. The molecule has 41 heavy (non-hydrogen) atoms. The zero-order valence-electron chi connectivity index (χ0n) is 24.0. The summed E-state index contributed by atoms with van der Waals surface area (Å²) in [5.41, 5.74) is -0.333. The topological polar surface area (TPSA) is 82.5 Å². The van der Waals surface area contributed by atoms with Crippen LogP contribution in [0.15, 0.2) is 18.2 Å². The van der Waals surface area contributed by atoms with E-state index in [4.69, 9.17) is 9.47 Å². The van der Waals surface area contributed by atoms with Crippen molar-refractivity contribution in [3.8, 4) is 0 Å². The van der Waals surface area contributed by atoms with E-state index in [-0.39, 0.29) is 11.8 Å². The summed E-state index contributed by atoms with van der Waals surface area (Å²) >= 11 is 0. The molecule has 2 atom stereocenters. The average molecular weight is 582 g/mol. The first-order chi connectivity index (χ1) is 19.5. The molecule has 4 fully saturated rings. The molecule has 3 saturated heterocycles. The second kappa shape index (κ2) is 12.1. The van der Waals surface area contributed by atoms with Crippen LogP contribution in [-0.4, -0.2) is 98.0 Å². The second-order valence-corrected chi connectivity index (χ2v) is 12.2. The molecule has 1 N–H and O–H groups in total. The van der Waals surface area contributed by atoms with Gasteiger partial charge in [-0.15, -0.1) is 0 Å². The van der Waals surface area contributed by atoms with Gasteiger partial charge in [0.05, 0.1) is 17.6 Å². The van der Waals surface area contributed by atoms with Gasteiger partial charge in [-0.05, 0) is 69.1 Å². The quantitative estimate of drug-likeness (QED) is 0.512. The van der Waals surface area contributed by atoms with Crippen molar-refractivity contribution in [1.29, 1.82) is 0 Å². The summed E-state index contributed by atoms with van der Waals surface area (Å²) < 4.78 is 52.4. The molecule has 228 valence electrons. The molecule has 1 aromatic carbocycles. The van der Waals surface area contributed by atoms with Crippen LogP contribution in [0, 0.1) is 5.92 Å². The highest BCUT2D eigenvalue weighted by molar-refractivity contribution is 5.86. The zero-order valence-corrected chi connectivity index (χ0v) is 24.0. The maximum atomic E-state index is 13.9. The Morgan fingerprint density at radius 1 is 0.976 bits per heavy atom. The number of rotatable bonds is 7. The number of carboxylic acids is 1. The minimum atomic E-state index is -4.48. The van der Waals surface area contributed by atoms with Gasteiger partial charge < -0.3 is 24.4 Å². The third kappa shape index (κ3) is 6.22. The van der Waals surface area contributed by atoms with Crippen LogP contribution in [0.3, 0.4) is 0 Å². The van der Waals surface area contributed by atoms with E-state index in [0.29, 0.717) is 76.2 Å². The summed E-state index contributed by atoms with van der Waals surface area (Å²) in [6.07, 6.45) is 2.00. The minimum Gasteiger partial charge on any atom is -0.481 e. The molecule has 0 aromatic heterocycles. The predicted molar refractivity (Wildman–Crippen MR) is 147 cm³/mol. The normalized spacial score (nSPS) is 30.2. The molecule has 0 bridgehead atoms. The van der Waals surface area contributed by atoms with Gasteiger partial charge in [0.15, 0.2) is 5.60 Å². The largest absolute Gasteiger partial charge is 0.481 e. The number of nitrogens with zero attached hydrogens (tertiary/aromatic N) is 3. The fourth-order valence-corrected chi connectivity index (χ4v) is 7.39. The summed E-state index contributed by atoms with van der Waals surface area (Å²) in [5.74, 6) is -1.49. The van der Waals surface area contributed by atoms with Crippen LogP contribution in [0.1, 0.15) is 68.4 Å². The molecule has 1 aliphatic carbocycles. The van der Waals surface area contributed by atoms with Crippen LogP contribution in [0.25, 0.3) is 0 Å². The number of carbonyl (C=O) groups excluding carboxylic acids is 1. The molecule has 0 radical (unpaired) electrons. The van der Waals surface area contributed by atoms with Crippen LogP contribution >= 0.6 is 0 Å². The summed E-state index contributed by atoms with van der Waals surface area (Å²) in [6, 6.07) is 4.29. The second-order valence-electron chi connectivity index (χ2n) is 12.2. The van der Waals surface area contributed by atoms with Gasteiger partial charge in [-0.25, -0.2) is 0 Å². The van der Waals surface area contributed by atoms with Gasteiger partial charge in [0, 0.05) is 71.1 Å². The van der Waals surface area contributed by atoms with E-state index in [0.717, 1.165) is 43.9 Å². The lowest BCUT2D eigenvalue weighted by Crippen LogP contribution is -2.52. The number of ether oxygens (including phenoxy) is 2. The van der Waals surface area contributed by atoms with E-state index in [1.807, 2.05) is 9.80 Å². The van der Waals surface area contributed by atoms with E-state index in [2.05, 4.69) is 4.90 Å². The number of piperidine rings is 1. The molecule has 3 aliphatic heterocycles. The first kappa shape index (κ1) is 30.1. The third-order valence-electron chi connectivity index (χ3n) is 9.99. The highest BCUT2D eigenvalue weighted by Crippen LogP contribution is 2.41. The average Bonchev–Trinajstić information content (AvgIpc) is 3.65. The Morgan fingerprint density at radius 2 is 1.68 bits per heavy atom. The maximum Gasteiger partial charge on any atom is 0.416 e. The molecule has 1 aromatic rings. The highest BCUT2D eigenvalue weighted by Gasteiger charge is 2.50. The van der Waals surface area contributed by atoms with Crippen molar-refractivity contribution in [2.24, 2.45) is 5.92 Å². The summed E-state index contributed by atoms with van der Waals surface area (Å²) in [6.45, 7) is 3.07. The molecule has 0 spiro atoms. The van der Waals surface area contributed by atoms with Gasteiger partial charge >= 0.3 is 12.1 Å². The number of amides is 1. The van der Waals surface area contributed by atoms with Crippen molar-refractivity contribution in [2.75, 3.05) is 58.4 Å². The van der Waals surface area contributed by atoms with E-state index in [9.17, 15) is 27.9 Å². The lowest BCUT2D eigenvalue weighted by molar-refractivity contribution is -0.152. The summed E-state index contributed by atoms with van der Waals surface area (Å²) in [7, 11) is 3.36. The van der Waals surface area contributed by atoms with Crippen LogP contribution in [0.5, 0.6) is 0 Å². The van der Waals surface area contributed by atoms with Gasteiger partial charge in [0.2, 0.25) is 0 Å². The number of likely N-dealkylation sites (tertiary alicyclic amines) is 2. The number of carbonyl (C=O) groups is 2. The Balaban J connectivity index is 1.29. The lowest BCUT2D eigenvalue weighted by atomic mass is 9.91. The van der Waals surface area contributed by atoms with Crippen LogP contribution in [0.2, 0.25) is 0 Å². The van der Waals surface area contributed by atoms with Crippen LogP contribution in [-0.2, 0) is 25.2 Å². The number of halogens is 3. The van der Waals surface area contributed by atoms with Crippen molar-refractivity contribution in [1.82, 2.24) is 9.80 Å². The Bertz CT molecular complexity index is 1100. The van der Waals surface area contributed by atoms with Gasteiger partial charge in [-0.2, -0.15) is 13.2 Å². The molecule has 4 aliphatic rings. The molecule has 0 unspecified atom stereocenters. The lowest BCUT2D eigenvalue weighted by Gasteiger charge is -2.36. The van der Waals surface area contributed by atoms with Crippen LogP contribution < -0.4 is 4.90 Å². The fourth-order valence-electron chi connectivity index (χ4n) is 7.39. The van der Waals surface area contributed by atoms with Crippen LogP contribution in [0.4, 0.5) is 18.9 Å². The molecular weight excluding hydrogens is 539 g/mol. The van der Waals surface area contributed by atoms with Gasteiger partial charge in [-0.3, -0.25) is 14.5 Å². The highest BCUT2D eigenvalue weighted by atomic mass is 19.4. The number of hydrogen-bond donors (Lipinski definition) is 1. The van der Waals surface area contributed by atoms with E-state index in [1.165, 1.54) is 6.07 Å². The number of carboxylic acid groups (broad SMARTS) is 1. The van der Waals surface area contributed by atoms with Crippen molar-refractivity contribution in [3.05, 3.63) is 29.3 Å². The van der Waals surface area contributed by atoms with E-state index < -0.39 is 29.2 Å². The molecule has 1 saturated carbocycles. The Morgan fingerprint density at radius 3 is 2.29 bits per heavy atom. The van der Waals surface area contributed by atoms with Gasteiger partial charge in [0.1, 0.15) is 0 Å². The smallest absolute Gasteiger partial charge is 0.416 e. The van der Waals surface area contributed by atoms with Gasteiger partial charge in [-0.1, -0.05) is 6.07 Å². The van der Waals surface area contributed by atoms with Gasteiger partial charge in [0.25, 0.3) is 5.91 Å². The van der Waals surface area contributed by atoms with E-state index in [1.54, 1.807) is 20.3 Å². The van der Waals surface area contributed by atoms with E-state index >= 15 is 0 Å².